The van der Waals surface area contributed by atoms with Crippen molar-refractivity contribution in [1.82, 2.24) is 0 Å². The molecule has 0 aromatic heterocycles. The van der Waals surface area contributed by atoms with Crippen LogP contribution < -0.4 is 0 Å². The van der Waals surface area contributed by atoms with Crippen LogP contribution in [0.3, 0.4) is 0 Å². The zero-order valence-corrected chi connectivity index (χ0v) is 26.0. The topological polar surface area (TPSA) is 44.8 Å². The van der Waals surface area contributed by atoms with Gasteiger partial charge in [-0.2, -0.15) is 0 Å². The summed E-state index contributed by atoms with van der Waals surface area (Å²) < 4.78 is 17.6. The maximum Gasteiger partial charge on any atom is 0.338 e. The fourth-order valence-electron chi connectivity index (χ4n) is 5.11. The van der Waals surface area contributed by atoms with Gasteiger partial charge in [0.1, 0.15) is 6.61 Å². The van der Waals surface area contributed by atoms with Crippen LogP contribution in [-0.4, -0.2) is 37.5 Å². The SMILES string of the molecule is CCC(C)CC(C)CC(CCCC(C)CC(CC)CC)COC(C)(CC)C(=O)OCCOC(C)CC. The van der Waals surface area contributed by atoms with E-state index in [9.17, 15) is 4.79 Å². The van der Waals surface area contributed by atoms with Crippen LogP contribution in [-0.2, 0) is 19.0 Å². The second-order valence-electron chi connectivity index (χ2n) is 12.0. The number of rotatable bonds is 23. The fraction of sp³-hybridized carbons (Fsp3) is 0.969. The van der Waals surface area contributed by atoms with Gasteiger partial charge in [0.25, 0.3) is 0 Å². The molecule has 0 saturated carbocycles. The largest absolute Gasteiger partial charge is 0.461 e. The van der Waals surface area contributed by atoms with E-state index < -0.39 is 5.60 Å². The molecule has 0 N–H and O–H groups in total. The van der Waals surface area contributed by atoms with Gasteiger partial charge in [0.2, 0.25) is 0 Å². The van der Waals surface area contributed by atoms with E-state index in [1.165, 1.54) is 57.8 Å². The summed E-state index contributed by atoms with van der Waals surface area (Å²) in [7, 11) is 0. The molecule has 0 bridgehead atoms. The van der Waals surface area contributed by atoms with E-state index in [0.717, 1.165) is 24.2 Å². The molecule has 6 atom stereocenters. The van der Waals surface area contributed by atoms with Crippen LogP contribution in [0.15, 0.2) is 0 Å². The lowest BCUT2D eigenvalue weighted by Gasteiger charge is -2.30. The quantitative estimate of drug-likeness (QED) is 0.101. The third kappa shape index (κ3) is 15.6. The Hall–Kier alpha value is -0.610. The zero-order valence-electron chi connectivity index (χ0n) is 26.0. The van der Waals surface area contributed by atoms with Crippen LogP contribution >= 0.6 is 0 Å². The van der Waals surface area contributed by atoms with Crippen LogP contribution in [0.4, 0.5) is 0 Å². The number of carbonyl (C=O) groups excluding carboxylic acids is 1. The summed E-state index contributed by atoms with van der Waals surface area (Å²) in [6.45, 7) is 23.5. The van der Waals surface area contributed by atoms with Crippen LogP contribution in [0.1, 0.15) is 140 Å². The highest BCUT2D eigenvalue weighted by Crippen LogP contribution is 2.29. The van der Waals surface area contributed by atoms with Gasteiger partial charge in [-0.15, -0.1) is 0 Å². The lowest BCUT2D eigenvalue weighted by atomic mass is 9.84. The van der Waals surface area contributed by atoms with Crippen molar-refractivity contribution in [1.29, 1.82) is 0 Å². The summed E-state index contributed by atoms with van der Waals surface area (Å²) in [5, 5.41) is 0. The van der Waals surface area contributed by atoms with E-state index >= 15 is 0 Å². The number of hydrogen-bond acceptors (Lipinski definition) is 4. The van der Waals surface area contributed by atoms with Crippen LogP contribution in [0, 0.1) is 29.6 Å². The predicted octanol–water partition coefficient (Wildman–Crippen LogP) is 9.24. The fourth-order valence-corrected chi connectivity index (χ4v) is 5.11. The van der Waals surface area contributed by atoms with Gasteiger partial charge in [-0.1, -0.05) is 87.5 Å². The Bertz CT molecular complexity index is 532. The molecule has 0 amide bonds. The van der Waals surface area contributed by atoms with Gasteiger partial charge >= 0.3 is 5.97 Å². The van der Waals surface area contributed by atoms with Crippen molar-refractivity contribution in [3.05, 3.63) is 0 Å². The van der Waals surface area contributed by atoms with Crippen LogP contribution in [0.5, 0.6) is 0 Å². The smallest absolute Gasteiger partial charge is 0.338 e. The molecule has 4 heteroatoms. The van der Waals surface area contributed by atoms with Gasteiger partial charge in [0.15, 0.2) is 5.60 Å². The number of carbonyl (C=O) groups is 1. The molecule has 0 fully saturated rings. The Morgan fingerprint density at radius 1 is 0.722 bits per heavy atom. The van der Waals surface area contributed by atoms with Crippen molar-refractivity contribution in [3.8, 4) is 0 Å². The van der Waals surface area contributed by atoms with Crippen molar-refractivity contribution in [2.24, 2.45) is 29.6 Å². The molecular formula is C32H64O4. The highest BCUT2D eigenvalue weighted by Gasteiger charge is 2.35. The monoisotopic (exact) mass is 512 g/mol. The van der Waals surface area contributed by atoms with Gasteiger partial charge in [-0.05, 0) is 82.0 Å². The molecule has 6 unspecified atom stereocenters. The lowest BCUT2D eigenvalue weighted by Crippen LogP contribution is -2.41. The Kier molecular flexibility index (Phi) is 20.0. The van der Waals surface area contributed by atoms with Crippen molar-refractivity contribution < 1.29 is 19.0 Å². The second kappa shape index (κ2) is 20.4. The summed E-state index contributed by atoms with van der Waals surface area (Å²) in [6.07, 6.45) is 13.1. The van der Waals surface area contributed by atoms with E-state index in [0.29, 0.717) is 31.5 Å². The third-order valence-corrected chi connectivity index (χ3v) is 8.47. The first-order chi connectivity index (χ1) is 17.0. The molecule has 0 rings (SSSR count). The molecular weight excluding hydrogens is 448 g/mol. The molecule has 0 aliphatic carbocycles. The Labute approximate surface area is 226 Å². The normalized spacial score (nSPS) is 17.9. The van der Waals surface area contributed by atoms with Gasteiger partial charge < -0.3 is 14.2 Å². The standard InChI is InChI=1S/C32H64O4/c1-11-25(6)21-27(8)23-30(18-16-17-26(7)22-29(13-3)14-4)24-36-32(10,15-5)31(33)35-20-19-34-28(9)12-2/h25-30H,11-24H2,1-10H3. The highest BCUT2D eigenvalue weighted by molar-refractivity contribution is 5.79. The van der Waals surface area contributed by atoms with E-state index in [1.807, 2.05) is 20.8 Å². The molecule has 0 radical (unpaired) electrons. The summed E-state index contributed by atoms with van der Waals surface area (Å²) in [5.41, 5.74) is -0.892. The first kappa shape index (κ1) is 35.4. The molecule has 0 aliphatic heterocycles. The van der Waals surface area contributed by atoms with Crippen LogP contribution in [0.25, 0.3) is 0 Å². The van der Waals surface area contributed by atoms with E-state index in [2.05, 4.69) is 48.5 Å². The third-order valence-electron chi connectivity index (χ3n) is 8.47. The maximum atomic E-state index is 12.9. The van der Waals surface area contributed by atoms with Gasteiger partial charge in [-0.25, -0.2) is 4.79 Å². The summed E-state index contributed by atoms with van der Waals surface area (Å²) in [6, 6.07) is 0. The van der Waals surface area contributed by atoms with Crippen molar-refractivity contribution in [2.45, 2.75) is 152 Å². The molecule has 216 valence electrons. The average Bonchev–Trinajstić information content (AvgIpc) is 2.87. The molecule has 0 aromatic carbocycles. The zero-order chi connectivity index (χ0) is 27.6. The van der Waals surface area contributed by atoms with Crippen molar-refractivity contribution in [3.63, 3.8) is 0 Å². The molecule has 0 aliphatic rings. The minimum absolute atomic E-state index is 0.188. The second-order valence-corrected chi connectivity index (χ2v) is 12.0. The van der Waals surface area contributed by atoms with E-state index in [1.54, 1.807) is 0 Å². The molecule has 36 heavy (non-hydrogen) atoms. The lowest BCUT2D eigenvalue weighted by molar-refractivity contribution is -0.174. The molecule has 0 aromatic rings. The summed E-state index contributed by atoms with van der Waals surface area (Å²) in [5.74, 6) is 3.30. The minimum Gasteiger partial charge on any atom is -0.461 e. The van der Waals surface area contributed by atoms with E-state index in [-0.39, 0.29) is 18.7 Å². The van der Waals surface area contributed by atoms with Gasteiger partial charge in [0, 0.05) is 0 Å². The highest BCUT2D eigenvalue weighted by atomic mass is 16.6. The molecule has 4 nitrogen and oxygen atoms in total. The van der Waals surface area contributed by atoms with Crippen molar-refractivity contribution in [2.75, 3.05) is 19.8 Å². The maximum absolute atomic E-state index is 12.9. The van der Waals surface area contributed by atoms with E-state index in [4.69, 9.17) is 14.2 Å². The first-order valence-electron chi connectivity index (χ1n) is 15.5. The van der Waals surface area contributed by atoms with Gasteiger partial charge in [-0.3, -0.25) is 0 Å². The molecule has 0 spiro atoms. The first-order valence-corrected chi connectivity index (χ1v) is 15.5. The Balaban J connectivity index is 4.95. The average molecular weight is 513 g/mol. The molecule has 0 saturated heterocycles. The van der Waals surface area contributed by atoms with Crippen molar-refractivity contribution >= 4 is 5.97 Å². The van der Waals surface area contributed by atoms with Crippen LogP contribution in [0.2, 0.25) is 0 Å². The summed E-state index contributed by atoms with van der Waals surface area (Å²) in [4.78, 5) is 12.9. The Morgan fingerprint density at radius 2 is 1.36 bits per heavy atom. The Morgan fingerprint density at radius 3 is 1.92 bits per heavy atom. The number of esters is 1. The minimum atomic E-state index is -0.892. The number of hydrogen-bond donors (Lipinski definition) is 0. The number of ether oxygens (including phenoxy) is 3. The van der Waals surface area contributed by atoms with Gasteiger partial charge in [0.05, 0.1) is 19.3 Å². The molecule has 0 heterocycles. The summed E-state index contributed by atoms with van der Waals surface area (Å²) >= 11 is 0. The predicted molar refractivity (Wildman–Crippen MR) is 154 cm³/mol.